The number of aromatic nitrogens is 1. The molecule has 0 fully saturated rings. The first-order chi connectivity index (χ1) is 7.70. The average molecular weight is 256 g/mol. The normalized spacial score (nSPS) is 10.4. The lowest BCUT2D eigenvalue weighted by Gasteiger charge is -2.05. The molecule has 0 aliphatic carbocycles. The van der Waals surface area contributed by atoms with Gasteiger partial charge in [-0.15, -0.1) is 11.6 Å². The summed E-state index contributed by atoms with van der Waals surface area (Å²) in [6.07, 6.45) is 1.63. The Kier molecular flexibility index (Phi) is 3.42. The van der Waals surface area contributed by atoms with Crippen molar-refractivity contribution < 1.29 is 4.39 Å². The minimum absolute atomic E-state index is 0.277. The van der Waals surface area contributed by atoms with E-state index in [9.17, 15) is 4.39 Å². The van der Waals surface area contributed by atoms with Gasteiger partial charge in [0.1, 0.15) is 11.0 Å². The maximum Gasteiger partial charge on any atom is 0.136 e. The van der Waals surface area contributed by atoms with Crippen LogP contribution in [0.5, 0.6) is 0 Å². The molecule has 2 aromatic rings. The second-order valence-electron chi connectivity index (χ2n) is 3.32. The van der Waals surface area contributed by atoms with Crippen molar-refractivity contribution in [2.75, 3.05) is 0 Å². The Morgan fingerprint density at radius 1 is 1.19 bits per heavy atom. The van der Waals surface area contributed by atoms with Crippen molar-refractivity contribution in [2.24, 2.45) is 0 Å². The number of benzene rings is 1. The summed E-state index contributed by atoms with van der Waals surface area (Å²) in [4.78, 5) is 4.04. The molecule has 0 amide bonds. The number of alkyl halides is 1. The van der Waals surface area contributed by atoms with Gasteiger partial charge < -0.3 is 0 Å². The Balaban J connectivity index is 2.50. The molecule has 1 nitrogen and oxygen atoms in total. The highest BCUT2D eigenvalue weighted by molar-refractivity contribution is 6.32. The fourth-order valence-electron chi connectivity index (χ4n) is 1.40. The van der Waals surface area contributed by atoms with Crippen molar-refractivity contribution >= 4 is 23.2 Å². The fourth-order valence-corrected chi connectivity index (χ4v) is 1.75. The van der Waals surface area contributed by atoms with E-state index < -0.39 is 0 Å². The van der Waals surface area contributed by atoms with E-state index in [1.54, 1.807) is 18.3 Å². The van der Waals surface area contributed by atoms with Gasteiger partial charge in [-0.2, -0.15) is 0 Å². The molecule has 1 aromatic heterocycles. The SMILES string of the molecule is Fc1ccc(-c2cc(CCl)cnc2Cl)cc1. The number of hydrogen-bond donors (Lipinski definition) is 0. The zero-order valence-electron chi connectivity index (χ0n) is 8.25. The van der Waals surface area contributed by atoms with Gasteiger partial charge in [0.05, 0.1) is 0 Å². The molecule has 0 unspecified atom stereocenters. The number of rotatable bonds is 2. The standard InChI is InChI=1S/C12H8Cl2FN/c13-6-8-5-11(12(14)16-7-8)9-1-3-10(15)4-2-9/h1-5,7H,6H2. The highest BCUT2D eigenvalue weighted by Crippen LogP contribution is 2.27. The summed E-state index contributed by atoms with van der Waals surface area (Å²) in [7, 11) is 0. The van der Waals surface area contributed by atoms with Crippen molar-refractivity contribution in [2.45, 2.75) is 5.88 Å². The van der Waals surface area contributed by atoms with Crippen molar-refractivity contribution in [3.63, 3.8) is 0 Å². The van der Waals surface area contributed by atoms with Gasteiger partial charge in [-0.1, -0.05) is 23.7 Å². The van der Waals surface area contributed by atoms with Crippen LogP contribution < -0.4 is 0 Å². The third-order valence-corrected chi connectivity index (χ3v) is 2.82. The number of halogens is 3. The Hall–Kier alpha value is -1.12. The van der Waals surface area contributed by atoms with Crippen LogP contribution in [0.25, 0.3) is 11.1 Å². The predicted octanol–water partition coefficient (Wildman–Crippen LogP) is 4.28. The molecule has 0 N–H and O–H groups in total. The summed E-state index contributed by atoms with van der Waals surface area (Å²) >= 11 is 11.7. The van der Waals surface area contributed by atoms with Crippen LogP contribution in [0.3, 0.4) is 0 Å². The highest BCUT2D eigenvalue weighted by atomic mass is 35.5. The summed E-state index contributed by atoms with van der Waals surface area (Å²) in [6.45, 7) is 0. The number of pyridine rings is 1. The van der Waals surface area contributed by atoms with E-state index in [0.29, 0.717) is 11.0 Å². The second kappa shape index (κ2) is 4.81. The van der Waals surface area contributed by atoms with Gasteiger partial charge in [0.2, 0.25) is 0 Å². The van der Waals surface area contributed by atoms with Gasteiger partial charge in [-0.25, -0.2) is 9.37 Å². The molecule has 0 saturated heterocycles. The van der Waals surface area contributed by atoms with Crippen LogP contribution in [-0.2, 0) is 5.88 Å². The first-order valence-electron chi connectivity index (χ1n) is 4.67. The molecular weight excluding hydrogens is 248 g/mol. The van der Waals surface area contributed by atoms with Crippen molar-refractivity contribution in [1.82, 2.24) is 4.98 Å². The van der Waals surface area contributed by atoms with Crippen molar-refractivity contribution in [3.8, 4) is 11.1 Å². The monoisotopic (exact) mass is 255 g/mol. The third-order valence-electron chi connectivity index (χ3n) is 2.21. The third kappa shape index (κ3) is 2.34. The molecule has 0 spiro atoms. The van der Waals surface area contributed by atoms with Crippen LogP contribution in [0, 0.1) is 5.82 Å². The Morgan fingerprint density at radius 2 is 1.88 bits per heavy atom. The van der Waals surface area contributed by atoms with Crippen LogP contribution in [0.1, 0.15) is 5.56 Å². The minimum Gasteiger partial charge on any atom is -0.244 e. The molecule has 1 heterocycles. The summed E-state index contributed by atoms with van der Waals surface area (Å²) in [5.74, 6) is 0.0968. The van der Waals surface area contributed by atoms with Crippen LogP contribution >= 0.6 is 23.2 Å². The average Bonchev–Trinajstić information content (AvgIpc) is 2.31. The van der Waals surface area contributed by atoms with Gasteiger partial charge in [-0.3, -0.25) is 0 Å². The van der Waals surface area contributed by atoms with Crippen molar-refractivity contribution in [1.29, 1.82) is 0 Å². The molecule has 0 aliphatic rings. The number of nitrogens with zero attached hydrogens (tertiary/aromatic N) is 1. The summed E-state index contributed by atoms with van der Waals surface area (Å²) < 4.78 is 12.8. The van der Waals surface area contributed by atoms with E-state index in [4.69, 9.17) is 23.2 Å². The molecule has 16 heavy (non-hydrogen) atoms. The molecular formula is C12H8Cl2FN. The first kappa shape index (κ1) is 11.4. The van der Waals surface area contributed by atoms with E-state index in [0.717, 1.165) is 16.7 Å². The maximum atomic E-state index is 12.8. The van der Waals surface area contributed by atoms with Crippen LogP contribution in [0.2, 0.25) is 5.15 Å². The molecule has 2 rings (SSSR count). The van der Waals surface area contributed by atoms with E-state index in [-0.39, 0.29) is 5.82 Å². The first-order valence-corrected chi connectivity index (χ1v) is 5.58. The topological polar surface area (TPSA) is 12.9 Å². The molecule has 82 valence electrons. The summed E-state index contributed by atoms with van der Waals surface area (Å²) in [5.41, 5.74) is 2.47. The number of hydrogen-bond acceptors (Lipinski definition) is 1. The quantitative estimate of drug-likeness (QED) is 0.577. The second-order valence-corrected chi connectivity index (χ2v) is 3.95. The predicted molar refractivity (Wildman–Crippen MR) is 64.2 cm³/mol. The highest BCUT2D eigenvalue weighted by Gasteiger charge is 2.06. The van der Waals surface area contributed by atoms with Gasteiger partial charge in [0.25, 0.3) is 0 Å². The van der Waals surface area contributed by atoms with Crippen LogP contribution in [0.15, 0.2) is 36.5 Å². The molecule has 0 saturated carbocycles. The Bertz CT molecular complexity index is 497. The van der Waals surface area contributed by atoms with Gasteiger partial charge >= 0.3 is 0 Å². The van der Waals surface area contributed by atoms with E-state index in [2.05, 4.69) is 4.98 Å². The smallest absolute Gasteiger partial charge is 0.136 e. The van der Waals surface area contributed by atoms with Gasteiger partial charge in [-0.05, 0) is 29.3 Å². The molecule has 0 radical (unpaired) electrons. The van der Waals surface area contributed by atoms with E-state index >= 15 is 0 Å². The van der Waals surface area contributed by atoms with E-state index in [1.165, 1.54) is 12.1 Å². The van der Waals surface area contributed by atoms with Crippen LogP contribution in [-0.4, -0.2) is 4.98 Å². The van der Waals surface area contributed by atoms with Crippen molar-refractivity contribution in [3.05, 3.63) is 53.1 Å². The molecule has 1 aromatic carbocycles. The molecule has 4 heteroatoms. The largest absolute Gasteiger partial charge is 0.244 e. The summed E-state index contributed by atoms with van der Waals surface area (Å²) in [5, 5.41) is 0.389. The zero-order chi connectivity index (χ0) is 11.5. The van der Waals surface area contributed by atoms with Crippen LogP contribution in [0.4, 0.5) is 4.39 Å². The molecule has 0 aliphatic heterocycles. The molecule has 0 bridgehead atoms. The van der Waals surface area contributed by atoms with E-state index in [1.807, 2.05) is 6.07 Å². The lowest BCUT2D eigenvalue weighted by Crippen LogP contribution is -1.87. The minimum atomic E-state index is -0.277. The molecule has 0 atom stereocenters. The summed E-state index contributed by atoms with van der Waals surface area (Å²) in [6, 6.07) is 7.96. The lowest BCUT2D eigenvalue weighted by atomic mass is 10.1. The zero-order valence-corrected chi connectivity index (χ0v) is 9.76. The van der Waals surface area contributed by atoms with Gasteiger partial charge in [0.15, 0.2) is 0 Å². The Morgan fingerprint density at radius 3 is 2.50 bits per heavy atom. The maximum absolute atomic E-state index is 12.8. The van der Waals surface area contributed by atoms with Gasteiger partial charge in [0, 0.05) is 17.6 Å². The fraction of sp³-hybridized carbons (Fsp3) is 0.0833. The Labute approximate surface area is 103 Å². The lowest BCUT2D eigenvalue weighted by molar-refractivity contribution is 0.628.